The van der Waals surface area contributed by atoms with E-state index in [4.69, 9.17) is 0 Å². The Labute approximate surface area is 103 Å². The van der Waals surface area contributed by atoms with Crippen molar-refractivity contribution in [3.63, 3.8) is 0 Å². The smallest absolute Gasteiger partial charge is 0.178 e. The van der Waals surface area contributed by atoms with Gasteiger partial charge in [0.2, 0.25) is 0 Å². The molecule has 5 heteroatoms. The summed E-state index contributed by atoms with van der Waals surface area (Å²) in [5, 5.41) is 0. The third kappa shape index (κ3) is 3.50. The zero-order valence-electron chi connectivity index (χ0n) is 9.55. The molecule has 90 valence electrons. The maximum atomic E-state index is 11.6. The van der Waals surface area contributed by atoms with Crippen LogP contribution in [0.4, 0.5) is 0 Å². The van der Waals surface area contributed by atoms with Gasteiger partial charge in [-0.15, -0.1) is 0 Å². The highest BCUT2D eigenvalue weighted by atomic mass is 32.2. The van der Waals surface area contributed by atoms with Crippen LogP contribution in [0.3, 0.4) is 0 Å². The molecule has 0 unspecified atom stereocenters. The minimum atomic E-state index is -3.08. The second-order valence-corrected chi connectivity index (χ2v) is 6.26. The van der Waals surface area contributed by atoms with Crippen molar-refractivity contribution < 1.29 is 8.42 Å². The van der Waals surface area contributed by atoms with Gasteiger partial charge in [-0.25, -0.2) is 8.42 Å². The monoisotopic (exact) mass is 259 g/mol. The van der Waals surface area contributed by atoms with Crippen molar-refractivity contribution in [3.8, 4) is 0 Å². The summed E-state index contributed by atoms with van der Waals surface area (Å²) in [4.78, 5) is 2.43. The maximum absolute atomic E-state index is 11.6. The summed E-state index contributed by atoms with van der Waals surface area (Å²) in [6.07, 6.45) is 0. The molecule has 0 heterocycles. The van der Waals surface area contributed by atoms with E-state index in [2.05, 4.69) is 12.6 Å². The van der Waals surface area contributed by atoms with Crippen molar-refractivity contribution >= 4 is 22.5 Å². The minimum absolute atomic E-state index is 0.142. The number of hydrogen-bond acceptors (Lipinski definition) is 4. The third-order valence-corrected chi connectivity index (χ3v) is 4.59. The molecule has 0 aromatic heterocycles. The topological polar surface area (TPSA) is 37.4 Å². The molecule has 0 saturated carbocycles. The molecule has 0 fully saturated rings. The van der Waals surface area contributed by atoms with E-state index >= 15 is 0 Å². The van der Waals surface area contributed by atoms with Gasteiger partial charge in [0.05, 0.1) is 10.6 Å². The van der Waals surface area contributed by atoms with Gasteiger partial charge in [-0.1, -0.05) is 19.1 Å². The molecule has 0 aliphatic carbocycles. The highest BCUT2D eigenvalue weighted by Gasteiger charge is 2.10. The highest BCUT2D eigenvalue weighted by Crippen LogP contribution is 2.13. The van der Waals surface area contributed by atoms with Gasteiger partial charge in [-0.2, -0.15) is 12.6 Å². The third-order valence-electron chi connectivity index (χ3n) is 2.36. The molecule has 0 amide bonds. The number of hydrogen-bond donors (Lipinski definition) is 1. The van der Waals surface area contributed by atoms with Crippen LogP contribution in [0, 0.1) is 0 Å². The Balaban J connectivity index is 2.84. The van der Waals surface area contributed by atoms with Gasteiger partial charge in [-0.05, 0) is 24.7 Å². The summed E-state index contributed by atoms with van der Waals surface area (Å²) in [6.45, 7) is 2.42. The molecule has 0 aliphatic heterocycles. The molecule has 1 rings (SSSR count). The second-order valence-electron chi connectivity index (χ2n) is 3.70. The van der Waals surface area contributed by atoms with Gasteiger partial charge in [0.25, 0.3) is 0 Å². The Bertz CT molecular complexity index is 426. The lowest BCUT2D eigenvalue weighted by atomic mass is 10.2. The average molecular weight is 259 g/mol. The van der Waals surface area contributed by atoms with E-state index in [0.29, 0.717) is 10.8 Å². The first-order valence-electron chi connectivity index (χ1n) is 5.10. The van der Waals surface area contributed by atoms with E-state index in [1.54, 1.807) is 19.1 Å². The Hall–Kier alpha value is -0.520. The molecular weight excluding hydrogens is 242 g/mol. The molecule has 1 aromatic carbocycles. The number of nitrogens with zero attached hydrogens (tertiary/aromatic N) is 1. The van der Waals surface area contributed by atoms with Gasteiger partial charge >= 0.3 is 0 Å². The van der Waals surface area contributed by atoms with Crippen molar-refractivity contribution in [2.24, 2.45) is 0 Å². The molecule has 0 aliphatic rings. The Kier molecular flexibility index (Phi) is 4.83. The van der Waals surface area contributed by atoms with Gasteiger partial charge in [0.15, 0.2) is 9.84 Å². The van der Waals surface area contributed by atoms with E-state index < -0.39 is 9.84 Å². The van der Waals surface area contributed by atoms with Crippen LogP contribution >= 0.6 is 12.6 Å². The molecule has 0 atom stereocenters. The lowest BCUT2D eigenvalue weighted by molar-refractivity contribution is 0.387. The quantitative estimate of drug-likeness (QED) is 0.647. The highest BCUT2D eigenvalue weighted by molar-refractivity contribution is 7.91. The van der Waals surface area contributed by atoms with Crippen molar-refractivity contribution in [2.75, 3.05) is 18.7 Å². The summed E-state index contributed by atoms with van der Waals surface area (Å²) < 4.78 is 23.1. The number of benzene rings is 1. The average Bonchev–Trinajstić information content (AvgIpc) is 2.29. The first-order chi connectivity index (χ1) is 7.49. The molecular formula is C11H17NO2S2. The van der Waals surface area contributed by atoms with Gasteiger partial charge < -0.3 is 0 Å². The maximum Gasteiger partial charge on any atom is 0.178 e. The molecule has 0 radical (unpaired) electrons. The fraction of sp³-hybridized carbons (Fsp3) is 0.455. The van der Waals surface area contributed by atoms with Gasteiger partial charge in [0, 0.05) is 12.4 Å². The molecule has 0 bridgehead atoms. The van der Waals surface area contributed by atoms with Crippen LogP contribution < -0.4 is 0 Å². The summed E-state index contributed by atoms with van der Waals surface area (Å²) in [5.41, 5.74) is 1.09. The van der Waals surface area contributed by atoms with Crippen molar-refractivity contribution in [3.05, 3.63) is 29.8 Å². The summed E-state index contributed by atoms with van der Waals surface area (Å²) in [5.74, 6) is 0.817. The van der Waals surface area contributed by atoms with Crippen LogP contribution in [0.25, 0.3) is 0 Å². The second kappa shape index (κ2) is 5.70. The number of rotatable bonds is 5. The molecule has 16 heavy (non-hydrogen) atoms. The van der Waals surface area contributed by atoms with Gasteiger partial charge in [-0.3, -0.25) is 4.90 Å². The Morgan fingerprint density at radius 3 is 2.25 bits per heavy atom. The first-order valence-corrected chi connectivity index (χ1v) is 7.39. The van der Waals surface area contributed by atoms with Crippen LogP contribution in [-0.4, -0.2) is 32.0 Å². The predicted octanol–water partition coefficient (Wildman–Crippen LogP) is 1.80. The molecule has 0 spiro atoms. The fourth-order valence-corrected chi connectivity index (χ4v) is 2.31. The largest absolute Gasteiger partial charge is 0.293 e. The number of thiol groups is 1. The Morgan fingerprint density at radius 1 is 1.25 bits per heavy atom. The van der Waals surface area contributed by atoms with Crippen molar-refractivity contribution in [2.45, 2.75) is 18.4 Å². The van der Waals surface area contributed by atoms with Crippen LogP contribution in [0.1, 0.15) is 12.5 Å². The summed E-state index contributed by atoms with van der Waals surface area (Å²) in [6, 6.07) is 7.03. The van der Waals surface area contributed by atoms with Gasteiger partial charge in [0.1, 0.15) is 0 Å². The SMILES string of the molecule is CCS(=O)(=O)c1ccc(CN(C)CS)cc1. The molecule has 1 aromatic rings. The zero-order chi connectivity index (χ0) is 12.2. The van der Waals surface area contributed by atoms with Crippen LogP contribution in [0.15, 0.2) is 29.2 Å². The lowest BCUT2D eigenvalue weighted by Crippen LogP contribution is -2.15. The number of sulfone groups is 1. The van der Waals surface area contributed by atoms with Crippen LogP contribution in [0.5, 0.6) is 0 Å². The first kappa shape index (κ1) is 13.5. The molecule has 3 nitrogen and oxygen atoms in total. The summed E-state index contributed by atoms with van der Waals surface area (Å²) in [7, 11) is -1.12. The van der Waals surface area contributed by atoms with Crippen LogP contribution in [0.2, 0.25) is 0 Å². The normalized spacial score (nSPS) is 12.0. The molecule has 0 N–H and O–H groups in total. The Morgan fingerprint density at radius 2 is 1.81 bits per heavy atom. The summed E-state index contributed by atoms with van der Waals surface area (Å²) >= 11 is 4.16. The van der Waals surface area contributed by atoms with E-state index in [9.17, 15) is 8.42 Å². The molecule has 0 saturated heterocycles. The minimum Gasteiger partial charge on any atom is -0.293 e. The van der Waals surface area contributed by atoms with Crippen molar-refractivity contribution in [1.82, 2.24) is 4.90 Å². The van der Waals surface area contributed by atoms with E-state index in [-0.39, 0.29) is 5.75 Å². The van der Waals surface area contributed by atoms with E-state index in [0.717, 1.165) is 12.1 Å². The van der Waals surface area contributed by atoms with E-state index in [1.807, 2.05) is 24.1 Å². The predicted molar refractivity (Wildman–Crippen MR) is 69.5 cm³/mol. The fourth-order valence-electron chi connectivity index (χ4n) is 1.33. The van der Waals surface area contributed by atoms with E-state index in [1.165, 1.54) is 0 Å². The van der Waals surface area contributed by atoms with Crippen LogP contribution in [-0.2, 0) is 16.4 Å². The standard InChI is InChI=1S/C11H17NO2S2/c1-3-16(13,14)11-6-4-10(5-7-11)8-12(2)9-15/h4-7,15H,3,8-9H2,1-2H3. The zero-order valence-corrected chi connectivity index (χ0v) is 11.3. The lowest BCUT2D eigenvalue weighted by Gasteiger charge is -2.13. The van der Waals surface area contributed by atoms with Crippen molar-refractivity contribution in [1.29, 1.82) is 0 Å².